The summed E-state index contributed by atoms with van der Waals surface area (Å²) in [5.41, 5.74) is 5.57. The number of nitrogens with zero attached hydrogens (tertiary/aromatic N) is 3. The number of nitrogens with two attached hydrogens (primary N) is 1. The number of hydrogen-bond acceptors (Lipinski definition) is 6. The number of halogens is 2. The number of hydrogen-bond donors (Lipinski definition) is 1. The summed E-state index contributed by atoms with van der Waals surface area (Å²) in [5.74, 6) is 0.686. The van der Waals surface area contributed by atoms with Crippen molar-refractivity contribution < 1.29 is 4.42 Å². The van der Waals surface area contributed by atoms with Gasteiger partial charge in [0.25, 0.3) is 5.22 Å². The van der Waals surface area contributed by atoms with E-state index in [0.29, 0.717) is 26.2 Å². The van der Waals surface area contributed by atoms with Crippen LogP contribution in [0.4, 0.5) is 5.82 Å². The van der Waals surface area contributed by atoms with Gasteiger partial charge in [0, 0.05) is 6.92 Å². The van der Waals surface area contributed by atoms with E-state index in [-0.39, 0.29) is 5.82 Å². The second kappa shape index (κ2) is 4.48. The van der Waals surface area contributed by atoms with Gasteiger partial charge in [0.15, 0.2) is 0 Å². The van der Waals surface area contributed by atoms with Crippen LogP contribution in [0.5, 0.6) is 0 Å². The molecule has 0 aliphatic rings. The van der Waals surface area contributed by atoms with Crippen LogP contribution in [0.1, 0.15) is 5.89 Å². The lowest BCUT2D eigenvalue weighted by Crippen LogP contribution is -1.93. The van der Waals surface area contributed by atoms with Crippen LogP contribution in [0.15, 0.2) is 20.7 Å². The average molecular weight is 277 g/mol. The van der Waals surface area contributed by atoms with E-state index < -0.39 is 0 Å². The Morgan fingerprint density at radius 2 is 2.06 bits per heavy atom. The Bertz CT molecular complexity index is 531. The quantitative estimate of drug-likeness (QED) is 0.909. The van der Waals surface area contributed by atoms with Crippen LogP contribution >= 0.6 is 35.0 Å². The Kier molecular flexibility index (Phi) is 3.22. The maximum atomic E-state index is 5.95. The van der Waals surface area contributed by atoms with E-state index in [1.54, 1.807) is 6.92 Å². The topological polar surface area (TPSA) is 77.8 Å². The molecule has 0 aliphatic carbocycles. The van der Waals surface area contributed by atoms with Gasteiger partial charge in [-0.1, -0.05) is 23.2 Å². The van der Waals surface area contributed by atoms with Crippen molar-refractivity contribution in [2.75, 3.05) is 5.73 Å². The zero-order chi connectivity index (χ0) is 11.7. The number of aryl methyl sites for hydroxylation is 1. The van der Waals surface area contributed by atoms with E-state index in [1.807, 2.05) is 0 Å². The lowest BCUT2D eigenvalue weighted by molar-refractivity contribution is 0.429. The zero-order valence-electron chi connectivity index (χ0n) is 8.07. The van der Waals surface area contributed by atoms with Crippen LogP contribution in [0.3, 0.4) is 0 Å². The predicted molar refractivity (Wildman–Crippen MR) is 61.8 cm³/mol. The van der Waals surface area contributed by atoms with Gasteiger partial charge in [0.05, 0.1) is 10.0 Å². The van der Waals surface area contributed by atoms with Crippen LogP contribution in [0, 0.1) is 6.92 Å². The van der Waals surface area contributed by atoms with Crippen LogP contribution < -0.4 is 5.73 Å². The van der Waals surface area contributed by atoms with Gasteiger partial charge in [-0.3, -0.25) is 0 Å². The Morgan fingerprint density at radius 1 is 1.31 bits per heavy atom. The Balaban J connectivity index is 2.31. The maximum Gasteiger partial charge on any atom is 0.282 e. The lowest BCUT2D eigenvalue weighted by atomic mass is 10.5. The minimum atomic E-state index is 0.213. The van der Waals surface area contributed by atoms with E-state index in [4.69, 9.17) is 33.4 Å². The molecule has 0 saturated carbocycles. The molecule has 0 amide bonds. The van der Waals surface area contributed by atoms with Gasteiger partial charge in [-0.15, -0.1) is 10.2 Å². The largest absolute Gasteiger partial charge is 0.416 e. The molecule has 2 aromatic heterocycles. The first-order valence-electron chi connectivity index (χ1n) is 4.15. The molecule has 0 saturated heterocycles. The number of nitrogen functional groups attached to an aromatic ring is 1. The van der Waals surface area contributed by atoms with Crippen molar-refractivity contribution >= 4 is 40.8 Å². The number of rotatable bonds is 2. The molecule has 0 unspecified atom stereocenters. The standard InChI is InChI=1S/C8H6Cl2N4OS/c1-3-13-14-8(15-3)16-7-5(10)2-4(9)6(11)12-7/h2H,1H3,(H2,11,12). The molecule has 0 spiro atoms. The van der Waals surface area contributed by atoms with Crippen LogP contribution in [-0.4, -0.2) is 15.2 Å². The van der Waals surface area contributed by atoms with Crippen molar-refractivity contribution in [3.8, 4) is 0 Å². The third-order valence-electron chi connectivity index (χ3n) is 1.62. The fourth-order valence-electron chi connectivity index (χ4n) is 0.937. The highest BCUT2D eigenvalue weighted by molar-refractivity contribution is 7.99. The molecular formula is C8H6Cl2N4OS. The molecule has 2 heterocycles. The van der Waals surface area contributed by atoms with Crippen LogP contribution in [0.25, 0.3) is 0 Å². The van der Waals surface area contributed by atoms with E-state index >= 15 is 0 Å². The molecule has 0 fully saturated rings. The fourth-order valence-corrected chi connectivity index (χ4v) is 2.12. The van der Waals surface area contributed by atoms with Crippen molar-refractivity contribution in [3.05, 3.63) is 22.0 Å². The van der Waals surface area contributed by atoms with Crippen LogP contribution in [-0.2, 0) is 0 Å². The molecule has 0 aliphatic heterocycles. The molecule has 8 heteroatoms. The highest BCUT2D eigenvalue weighted by Gasteiger charge is 2.12. The summed E-state index contributed by atoms with van der Waals surface area (Å²) >= 11 is 12.8. The Morgan fingerprint density at radius 3 is 2.69 bits per heavy atom. The summed E-state index contributed by atoms with van der Waals surface area (Å²) in [7, 11) is 0. The third-order valence-corrected chi connectivity index (χ3v) is 3.16. The van der Waals surface area contributed by atoms with Crippen molar-refractivity contribution in [3.63, 3.8) is 0 Å². The summed E-state index contributed by atoms with van der Waals surface area (Å²) < 4.78 is 5.18. The summed E-state index contributed by atoms with van der Waals surface area (Å²) in [6.45, 7) is 1.70. The molecule has 84 valence electrons. The minimum absolute atomic E-state index is 0.213. The van der Waals surface area contributed by atoms with Gasteiger partial charge in [-0.25, -0.2) is 4.98 Å². The first-order chi connectivity index (χ1) is 7.56. The SMILES string of the molecule is Cc1nnc(Sc2nc(N)c(Cl)cc2Cl)o1. The molecule has 0 bridgehead atoms. The molecule has 0 atom stereocenters. The molecule has 0 radical (unpaired) electrons. The maximum absolute atomic E-state index is 5.95. The van der Waals surface area contributed by atoms with Gasteiger partial charge in [0.2, 0.25) is 5.89 Å². The predicted octanol–water partition coefficient (Wildman–Crippen LogP) is 2.81. The second-order valence-electron chi connectivity index (χ2n) is 2.83. The lowest BCUT2D eigenvalue weighted by Gasteiger charge is -2.02. The zero-order valence-corrected chi connectivity index (χ0v) is 10.4. The molecule has 16 heavy (non-hydrogen) atoms. The van der Waals surface area contributed by atoms with Gasteiger partial charge >= 0.3 is 0 Å². The smallest absolute Gasteiger partial charge is 0.282 e. The van der Waals surface area contributed by atoms with Crippen LogP contribution in [0.2, 0.25) is 10.0 Å². The fraction of sp³-hybridized carbons (Fsp3) is 0.125. The number of pyridine rings is 1. The summed E-state index contributed by atoms with van der Waals surface area (Å²) in [6, 6.07) is 1.52. The first kappa shape index (κ1) is 11.5. The molecule has 2 aromatic rings. The van der Waals surface area contributed by atoms with Crippen molar-refractivity contribution in [1.29, 1.82) is 0 Å². The molecular weight excluding hydrogens is 271 g/mol. The first-order valence-corrected chi connectivity index (χ1v) is 5.73. The van der Waals surface area contributed by atoms with Crippen molar-refractivity contribution in [2.24, 2.45) is 0 Å². The van der Waals surface area contributed by atoms with Gasteiger partial charge in [-0.05, 0) is 17.8 Å². The average Bonchev–Trinajstić information content (AvgIpc) is 2.60. The number of aromatic nitrogens is 3. The Labute approximate surface area is 105 Å². The van der Waals surface area contributed by atoms with Gasteiger partial charge < -0.3 is 10.2 Å². The van der Waals surface area contributed by atoms with E-state index in [2.05, 4.69) is 15.2 Å². The summed E-state index contributed by atoms with van der Waals surface area (Å²) in [6.07, 6.45) is 0. The van der Waals surface area contributed by atoms with E-state index in [0.717, 1.165) is 11.8 Å². The highest BCUT2D eigenvalue weighted by Crippen LogP contribution is 2.34. The summed E-state index contributed by atoms with van der Waals surface area (Å²) in [4.78, 5) is 4.03. The number of anilines is 1. The second-order valence-corrected chi connectivity index (χ2v) is 4.59. The Hall–Kier alpha value is -0.980. The highest BCUT2D eigenvalue weighted by atomic mass is 35.5. The molecule has 2 N–H and O–H groups in total. The molecule has 5 nitrogen and oxygen atoms in total. The monoisotopic (exact) mass is 276 g/mol. The molecule has 0 aromatic carbocycles. The molecule has 2 rings (SSSR count). The van der Waals surface area contributed by atoms with Crippen molar-refractivity contribution in [1.82, 2.24) is 15.2 Å². The van der Waals surface area contributed by atoms with E-state index in [1.165, 1.54) is 6.07 Å². The van der Waals surface area contributed by atoms with Gasteiger partial charge in [0.1, 0.15) is 10.8 Å². The third kappa shape index (κ3) is 2.40. The minimum Gasteiger partial charge on any atom is -0.416 e. The van der Waals surface area contributed by atoms with E-state index in [9.17, 15) is 0 Å². The summed E-state index contributed by atoms with van der Waals surface area (Å²) in [5, 5.41) is 9.03. The van der Waals surface area contributed by atoms with Gasteiger partial charge in [-0.2, -0.15) is 0 Å². The van der Waals surface area contributed by atoms with Crippen molar-refractivity contribution in [2.45, 2.75) is 17.2 Å². The normalized spacial score (nSPS) is 10.7.